The maximum Gasteiger partial charge on any atom is 0.191 e. The molecule has 0 radical (unpaired) electrons. The Balaban J connectivity index is 0.00000256. The molecule has 1 unspecified atom stereocenters. The van der Waals surface area contributed by atoms with E-state index in [0.717, 1.165) is 63.0 Å². The fourth-order valence-corrected chi connectivity index (χ4v) is 3.81. The molecule has 0 aliphatic carbocycles. The summed E-state index contributed by atoms with van der Waals surface area (Å²) in [4.78, 5) is 11.8. The van der Waals surface area contributed by atoms with Crippen LogP contribution in [0.1, 0.15) is 37.5 Å². The fourth-order valence-electron chi connectivity index (χ4n) is 3.81. The van der Waals surface area contributed by atoms with Crippen molar-refractivity contribution in [2.75, 3.05) is 24.5 Å². The number of aryl methyl sites for hydroxylation is 2. The third-order valence-electron chi connectivity index (χ3n) is 5.44. The van der Waals surface area contributed by atoms with Crippen molar-refractivity contribution >= 4 is 35.6 Å². The molecule has 1 atom stereocenters. The highest BCUT2D eigenvalue weighted by molar-refractivity contribution is 14.0. The lowest BCUT2D eigenvalue weighted by Gasteiger charge is -2.25. The van der Waals surface area contributed by atoms with Crippen LogP contribution in [0.5, 0.6) is 0 Å². The summed E-state index contributed by atoms with van der Waals surface area (Å²) in [6.07, 6.45) is 7.31. The van der Waals surface area contributed by atoms with E-state index in [1.165, 1.54) is 11.3 Å². The standard InChI is InChI=1S/C22H31N7.HI/c1-3-20-26-21-12-9-18(16-29(21)27-20)25-22(23-4-2)24-15-17-7-10-19(11-8-17)28-13-5-6-14-28;/h5-8,10-11,18H,3-4,9,12-16H2,1-2H3,(H2,23,24,25);1H. The SMILES string of the molecule is CCNC(=NCc1ccc(N2CC=CC2)cc1)NC1CCc2nc(CC)nn2C1.I. The lowest BCUT2D eigenvalue weighted by molar-refractivity contribution is 0.392. The molecule has 3 heterocycles. The summed E-state index contributed by atoms with van der Waals surface area (Å²) in [7, 11) is 0. The van der Waals surface area contributed by atoms with Crippen molar-refractivity contribution in [3.05, 3.63) is 53.6 Å². The van der Waals surface area contributed by atoms with Gasteiger partial charge in [-0.25, -0.2) is 14.7 Å². The third-order valence-corrected chi connectivity index (χ3v) is 5.44. The Hall–Kier alpha value is -2.10. The summed E-state index contributed by atoms with van der Waals surface area (Å²) in [5.74, 6) is 2.91. The first kappa shape index (κ1) is 22.6. The van der Waals surface area contributed by atoms with Crippen molar-refractivity contribution in [3.63, 3.8) is 0 Å². The van der Waals surface area contributed by atoms with Crippen LogP contribution in [0.25, 0.3) is 0 Å². The maximum absolute atomic E-state index is 4.81. The van der Waals surface area contributed by atoms with E-state index in [9.17, 15) is 0 Å². The molecular formula is C22H32IN7. The molecule has 2 aliphatic heterocycles. The van der Waals surface area contributed by atoms with Crippen LogP contribution in [0.2, 0.25) is 0 Å². The fraction of sp³-hybridized carbons (Fsp3) is 0.500. The zero-order chi connectivity index (χ0) is 20.1. The minimum Gasteiger partial charge on any atom is -0.364 e. The van der Waals surface area contributed by atoms with Crippen molar-refractivity contribution in [2.24, 2.45) is 4.99 Å². The number of fused-ring (bicyclic) bond motifs is 1. The molecule has 2 aromatic rings. The van der Waals surface area contributed by atoms with Gasteiger partial charge < -0.3 is 15.5 Å². The largest absolute Gasteiger partial charge is 0.364 e. The van der Waals surface area contributed by atoms with Gasteiger partial charge >= 0.3 is 0 Å². The first-order valence-corrected chi connectivity index (χ1v) is 10.7. The van der Waals surface area contributed by atoms with Gasteiger partial charge in [0.05, 0.1) is 13.1 Å². The van der Waals surface area contributed by atoms with Crippen LogP contribution in [0, 0.1) is 0 Å². The average molecular weight is 521 g/mol. The zero-order valence-electron chi connectivity index (χ0n) is 17.8. The quantitative estimate of drug-likeness (QED) is 0.265. The Kier molecular flexibility index (Phi) is 8.12. The zero-order valence-corrected chi connectivity index (χ0v) is 20.2. The molecule has 1 aromatic heterocycles. The predicted octanol–water partition coefficient (Wildman–Crippen LogP) is 2.90. The molecule has 4 rings (SSSR count). The van der Waals surface area contributed by atoms with Gasteiger partial charge in [0.25, 0.3) is 0 Å². The molecule has 0 amide bonds. The Morgan fingerprint density at radius 1 is 1.17 bits per heavy atom. The molecule has 0 saturated carbocycles. The molecule has 2 N–H and O–H groups in total. The number of hydrogen-bond donors (Lipinski definition) is 2. The normalized spacial score (nSPS) is 18.1. The van der Waals surface area contributed by atoms with E-state index in [0.29, 0.717) is 12.6 Å². The number of rotatable bonds is 6. The molecule has 0 saturated heterocycles. The number of nitrogens with one attached hydrogen (secondary N) is 2. The van der Waals surface area contributed by atoms with Crippen LogP contribution in [0.15, 0.2) is 41.4 Å². The first-order chi connectivity index (χ1) is 14.2. The number of halogens is 1. The van der Waals surface area contributed by atoms with Crippen molar-refractivity contribution in [1.82, 2.24) is 25.4 Å². The lowest BCUT2D eigenvalue weighted by atomic mass is 10.1. The van der Waals surface area contributed by atoms with Gasteiger partial charge in [-0.15, -0.1) is 24.0 Å². The topological polar surface area (TPSA) is 70.4 Å². The minimum atomic E-state index is 0. The Bertz CT molecular complexity index is 864. The molecule has 7 nitrogen and oxygen atoms in total. The van der Waals surface area contributed by atoms with Gasteiger partial charge in [0.2, 0.25) is 0 Å². The highest BCUT2D eigenvalue weighted by Gasteiger charge is 2.22. The Morgan fingerprint density at radius 3 is 2.63 bits per heavy atom. The van der Waals surface area contributed by atoms with Crippen molar-refractivity contribution < 1.29 is 0 Å². The van der Waals surface area contributed by atoms with Crippen molar-refractivity contribution in [1.29, 1.82) is 0 Å². The second-order valence-electron chi connectivity index (χ2n) is 7.60. The molecule has 8 heteroatoms. The van der Waals surface area contributed by atoms with Crippen LogP contribution in [0.4, 0.5) is 5.69 Å². The van der Waals surface area contributed by atoms with Crippen molar-refractivity contribution in [3.8, 4) is 0 Å². The highest BCUT2D eigenvalue weighted by atomic mass is 127. The van der Waals surface area contributed by atoms with Crippen LogP contribution in [0.3, 0.4) is 0 Å². The van der Waals surface area contributed by atoms with Gasteiger partial charge in [-0.1, -0.05) is 31.2 Å². The molecule has 2 aliphatic rings. The molecule has 0 bridgehead atoms. The van der Waals surface area contributed by atoms with Crippen LogP contribution in [-0.4, -0.2) is 46.4 Å². The van der Waals surface area contributed by atoms with Gasteiger partial charge in [-0.05, 0) is 31.0 Å². The highest BCUT2D eigenvalue weighted by Crippen LogP contribution is 2.18. The third kappa shape index (κ3) is 5.53. The van der Waals surface area contributed by atoms with E-state index in [1.807, 2.05) is 0 Å². The molecule has 1 aromatic carbocycles. The monoisotopic (exact) mass is 521 g/mol. The lowest BCUT2D eigenvalue weighted by Crippen LogP contribution is -2.47. The smallest absolute Gasteiger partial charge is 0.191 e. The number of benzene rings is 1. The Labute approximate surface area is 196 Å². The minimum absolute atomic E-state index is 0. The van der Waals surface area contributed by atoms with E-state index >= 15 is 0 Å². The van der Waals surface area contributed by atoms with Gasteiger partial charge in [-0.2, -0.15) is 5.10 Å². The van der Waals surface area contributed by atoms with E-state index < -0.39 is 0 Å². The van der Waals surface area contributed by atoms with Gasteiger partial charge in [0, 0.05) is 44.2 Å². The summed E-state index contributed by atoms with van der Waals surface area (Å²) in [6, 6.07) is 9.05. The van der Waals surface area contributed by atoms with E-state index in [-0.39, 0.29) is 24.0 Å². The predicted molar refractivity (Wildman–Crippen MR) is 133 cm³/mol. The number of aliphatic imine (C=N–C) groups is 1. The Morgan fingerprint density at radius 2 is 1.93 bits per heavy atom. The molecular weight excluding hydrogens is 489 g/mol. The first-order valence-electron chi connectivity index (χ1n) is 10.7. The summed E-state index contributed by atoms with van der Waals surface area (Å²) in [5.41, 5.74) is 2.48. The number of guanidine groups is 1. The summed E-state index contributed by atoms with van der Waals surface area (Å²) in [5, 5.41) is 11.6. The van der Waals surface area contributed by atoms with Gasteiger partial charge in [-0.3, -0.25) is 0 Å². The molecule has 0 fully saturated rings. The number of nitrogens with zero attached hydrogens (tertiary/aromatic N) is 5. The van der Waals surface area contributed by atoms with Crippen molar-refractivity contribution in [2.45, 2.75) is 52.2 Å². The summed E-state index contributed by atoms with van der Waals surface area (Å²) in [6.45, 7) is 8.54. The van der Waals surface area contributed by atoms with Gasteiger partial charge in [0.15, 0.2) is 11.8 Å². The second kappa shape index (κ2) is 10.8. The van der Waals surface area contributed by atoms with Crippen LogP contribution < -0.4 is 15.5 Å². The number of hydrogen-bond acceptors (Lipinski definition) is 4. The maximum atomic E-state index is 4.81. The van der Waals surface area contributed by atoms with E-state index in [1.54, 1.807) is 0 Å². The molecule has 162 valence electrons. The van der Waals surface area contributed by atoms with Gasteiger partial charge in [0.1, 0.15) is 5.82 Å². The summed E-state index contributed by atoms with van der Waals surface area (Å²) < 4.78 is 2.05. The van der Waals surface area contributed by atoms with Crippen LogP contribution >= 0.6 is 24.0 Å². The molecule has 30 heavy (non-hydrogen) atoms. The van der Waals surface area contributed by atoms with E-state index in [2.05, 4.69) is 80.6 Å². The van der Waals surface area contributed by atoms with E-state index in [4.69, 9.17) is 4.99 Å². The summed E-state index contributed by atoms with van der Waals surface area (Å²) >= 11 is 0. The number of aromatic nitrogens is 3. The van der Waals surface area contributed by atoms with Crippen LogP contribution in [-0.2, 0) is 25.9 Å². The second-order valence-corrected chi connectivity index (χ2v) is 7.60. The number of anilines is 1. The molecule has 0 spiro atoms. The average Bonchev–Trinajstić information content (AvgIpc) is 3.42.